The van der Waals surface area contributed by atoms with Crippen LogP contribution < -0.4 is 0 Å². The van der Waals surface area contributed by atoms with Gasteiger partial charge in [0.1, 0.15) is 0 Å². The van der Waals surface area contributed by atoms with Gasteiger partial charge in [0.2, 0.25) is 0 Å². The standard InChI is InChI=1S/C55H36S/c1-55(2)48-28-25-38(32-47(48)45-27-29-49-52(53(45)55)46-26-24-33-12-6-7-15-40(33)54(46)56-49)36-20-21-37-31-39(23-22-35(37)30-36)51-43-18-10-8-16-41(43)50(34-13-4-3-5-14-34)42-17-9-11-19-44(42)51/h3-32H,1-2H3. The Morgan fingerprint density at radius 1 is 0.375 bits per heavy atom. The molecule has 0 atom stereocenters. The first-order valence-corrected chi connectivity index (χ1v) is 20.4. The van der Waals surface area contributed by atoms with E-state index in [4.69, 9.17) is 0 Å². The Kier molecular flexibility index (Phi) is 6.66. The summed E-state index contributed by atoms with van der Waals surface area (Å²) in [7, 11) is 0. The molecule has 0 bridgehead atoms. The van der Waals surface area contributed by atoms with Gasteiger partial charge >= 0.3 is 0 Å². The molecule has 11 aromatic rings. The topological polar surface area (TPSA) is 0 Å². The van der Waals surface area contributed by atoms with Gasteiger partial charge in [0.25, 0.3) is 0 Å². The van der Waals surface area contributed by atoms with E-state index in [1.807, 2.05) is 11.3 Å². The maximum atomic E-state index is 2.45. The minimum absolute atomic E-state index is 0.101. The van der Waals surface area contributed by atoms with E-state index < -0.39 is 0 Å². The molecule has 0 radical (unpaired) electrons. The van der Waals surface area contributed by atoms with Crippen LogP contribution in [0, 0.1) is 0 Å². The van der Waals surface area contributed by atoms with Gasteiger partial charge in [-0.1, -0.05) is 172 Å². The molecule has 0 spiro atoms. The molecule has 262 valence electrons. The fraction of sp³-hybridized carbons (Fsp3) is 0.0545. The number of rotatable bonds is 3. The lowest BCUT2D eigenvalue weighted by molar-refractivity contribution is 0.667. The minimum atomic E-state index is -0.101. The fourth-order valence-corrected chi connectivity index (χ4v) is 11.3. The number of thiophene rings is 1. The van der Waals surface area contributed by atoms with Crippen LogP contribution in [0.3, 0.4) is 0 Å². The first-order chi connectivity index (χ1) is 27.5. The number of benzene rings is 10. The van der Waals surface area contributed by atoms with Crippen LogP contribution in [0.2, 0.25) is 0 Å². The first kappa shape index (κ1) is 31.8. The summed E-state index contributed by atoms with van der Waals surface area (Å²) in [4.78, 5) is 0. The summed E-state index contributed by atoms with van der Waals surface area (Å²) < 4.78 is 2.77. The summed E-state index contributed by atoms with van der Waals surface area (Å²) in [5.74, 6) is 0. The number of hydrogen-bond donors (Lipinski definition) is 0. The molecule has 0 N–H and O–H groups in total. The summed E-state index contributed by atoms with van der Waals surface area (Å²) in [5, 5.41) is 13.1. The molecule has 0 saturated carbocycles. The summed E-state index contributed by atoms with van der Waals surface area (Å²) in [6.45, 7) is 4.83. The quantitative estimate of drug-likeness (QED) is 0.159. The van der Waals surface area contributed by atoms with Crippen LogP contribution in [0.25, 0.3) is 108 Å². The fourth-order valence-electron chi connectivity index (χ4n) is 10.0. The van der Waals surface area contributed by atoms with Gasteiger partial charge in [-0.2, -0.15) is 0 Å². The molecule has 1 heteroatoms. The monoisotopic (exact) mass is 728 g/mol. The highest BCUT2D eigenvalue weighted by atomic mass is 32.1. The van der Waals surface area contributed by atoms with E-state index in [9.17, 15) is 0 Å². The van der Waals surface area contributed by atoms with E-state index in [1.165, 1.54) is 119 Å². The Morgan fingerprint density at radius 3 is 1.64 bits per heavy atom. The van der Waals surface area contributed by atoms with Crippen LogP contribution in [-0.2, 0) is 5.41 Å². The van der Waals surface area contributed by atoms with Gasteiger partial charge in [0.15, 0.2) is 0 Å². The van der Waals surface area contributed by atoms with Crippen molar-refractivity contribution in [1.82, 2.24) is 0 Å². The van der Waals surface area contributed by atoms with Gasteiger partial charge < -0.3 is 0 Å². The average molecular weight is 729 g/mol. The van der Waals surface area contributed by atoms with Crippen molar-refractivity contribution in [2.75, 3.05) is 0 Å². The Bertz CT molecular complexity index is 3380. The molecule has 1 aliphatic rings. The zero-order valence-corrected chi connectivity index (χ0v) is 32.0. The van der Waals surface area contributed by atoms with Gasteiger partial charge in [-0.25, -0.2) is 0 Å². The highest BCUT2D eigenvalue weighted by molar-refractivity contribution is 7.26. The largest absolute Gasteiger partial charge is 0.135 e. The lowest BCUT2D eigenvalue weighted by Gasteiger charge is -2.23. The van der Waals surface area contributed by atoms with Crippen molar-refractivity contribution >= 4 is 74.6 Å². The van der Waals surface area contributed by atoms with E-state index in [2.05, 4.69) is 196 Å². The number of hydrogen-bond acceptors (Lipinski definition) is 1. The van der Waals surface area contributed by atoms with Crippen molar-refractivity contribution in [3.05, 3.63) is 193 Å². The van der Waals surface area contributed by atoms with Crippen LogP contribution in [-0.4, -0.2) is 0 Å². The molecule has 0 nitrogen and oxygen atoms in total. The molecular formula is C55H36S. The molecule has 0 saturated heterocycles. The Balaban J connectivity index is 0.980. The second-order valence-electron chi connectivity index (χ2n) is 16.0. The van der Waals surface area contributed by atoms with Crippen molar-refractivity contribution in [3.8, 4) is 44.5 Å². The summed E-state index contributed by atoms with van der Waals surface area (Å²) in [5.41, 5.74) is 13.1. The van der Waals surface area contributed by atoms with Gasteiger partial charge in [-0.05, 0) is 123 Å². The third-order valence-corrected chi connectivity index (χ3v) is 13.8. The van der Waals surface area contributed by atoms with Gasteiger partial charge in [0.05, 0.1) is 0 Å². The lowest BCUT2D eigenvalue weighted by Crippen LogP contribution is -2.15. The molecule has 12 rings (SSSR count). The Labute approximate surface area is 329 Å². The molecule has 1 aromatic heterocycles. The summed E-state index contributed by atoms with van der Waals surface area (Å²) in [6, 6.07) is 68.0. The third-order valence-electron chi connectivity index (χ3n) is 12.6. The Hall–Kier alpha value is -6.54. The SMILES string of the molecule is CC1(C)c2ccc(-c3ccc4cc(-c5c6ccccc6c(-c6ccccc6)c6ccccc56)ccc4c3)cc2-c2ccc3sc4c5ccccc5ccc4c3c21. The van der Waals surface area contributed by atoms with Gasteiger partial charge in [-0.3, -0.25) is 0 Å². The minimum Gasteiger partial charge on any atom is -0.135 e. The van der Waals surface area contributed by atoms with E-state index in [1.54, 1.807) is 0 Å². The molecule has 1 aliphatic carbocycles. The van der Waals surface area contributed by atoms with Gasteiger partial charge in [0, 0.05) is 25.6 Å². The zero-order chi connectivity index (χ0) is 37.1. The molecule has 10 aromatic carbocycles. The second kappa shape index (κ2) is 11.7. The third kappa shape index (κ3) is 4.47. The van der Waals surface area contributed by atoms with Crippen molar-refractivity contribution < 1.29 is 0 Å². The van der Waals surface area contributed by atoms with Crippen LogP contribution in [0.4, 0.5) is 0 Å². The van der Waals surface area contributed by atoms with Crippen LogP contribution in [0.1, 0.15) is 25.0 Å². The van der Waals surface area contributed by atoms with E-state index in [-0.39, 0.29) is 5.41 Å². The van der Waals surface area contributed by atoms with Crippen molar-refractivity contribution in [3.63, 3.8) is 0 Å². The smallest absolute Gasteiger partial charge is 0.0433 e. The van der Waals surface area contributed by atoms with Crippen LogP contribution in [0.5, 0.6) is 0 Å². The van der Waals surface area contributed by atoms with Crippen molar-refractivity contribution in [2.24, 2.45) is 0 Å². The second-order valence-corrected chi connectivity index (χ2v) is 17.0. The van der Waals surface area contributed by atoms with E-state index in [0.717, 1.165) is 0 Å². The molecule has 0 amide bonds. The summed E-state index contributed by atoms with van der Waals surface area (Å²) >= 11 is 1.94. The van der Waals surface area contributed by atoms with Crippen molar-refractivity contribution in [2.45, 2.75) is 19.3 Å². The number of fused-ring (bicyclic) bond motifs is 12. The molecular weight excluding hydrogens is 693 g/mol. The maximum absolute atomic E-state index is 2.45. The lowest BCUT2D eigenvalue weighted by atomic mass is 9.80. The normalized spacial score (nSPS) is 13.3. The predicted octanol–water partition coefficient (Wildman–Crippen LogP) is 16.0. The van der Waals surface area contributed by atoms with Crippen LogP contribution in [0.15, 0.2) is 182 Å². The molecule has 0 fully saturated rings. The maximum Gasteiger partial charge on any atom is 0.0433 e. The zero-order valence-electron chi connectivity index (χ0n) is 31.2. The molecule has 1 heterocycles. The highest BCUT2D eigenvalue weighted by Gasteiger charge is 2.38. The first-order valence-electron chi connectivity index (χ1n) is 19.6. The molecule has 0 unspecified atom stereocenters. The molecule has 56 heavy (non-hydrogen) atoms. The van der Waals surface area contributed by atoms with E-state index in [0.29, 0.717) is 0 Å². The van der Waals surface area contributed by atoms with Crippen molar-refractivity contribution in [1.29, 1.82) is 0 Å². The molecule has 0 aliphatic heterocycles. The van der Waals surface area contributed by atoms with E-state index >= 15 is 0 Å². The average Bonchev–Trinajstić information content (AvgIpc) is 3.74. The summed E-state index contributed by atoms with van der Waals surface area (Å²) in [6.07, 6.45) is 0. The van der Waals surface area contributed by atoms with Crippen LogP contribution >= 0.6 is 11.3 Å². The Morgan fingerprint density at radius 2 is 0.929 bits per heavy atom. The van der Waals surface area contributed by atoms with Gasteiger partial charge in [-0.15, -0.1) is 11.3 Å². The predicted molar refractivity (Wildman–Crippen MR) is 243 cm³/mol. The highest BCUT2D eigenvalue weighted by Crippen LogP contribution is 2.55.